The van der Waals surface area contributed by atoms with Crippen LogP contribution in [0.2, 0.25) is 5.02 Å². The molecular formula is C15H16ClN5O2. The zero-order valence-corrected chi connectivity index (χ0v) is 13.1. The molecule has 120 valence electrons. The lowest BCUT2D eigenvalue weighted by Crippen LogP contribution is -2.47. The molecule has 0 aliphatic carbocycles. The van der Waals surface area contributed by atoms with Crippen LogP contribution in [0.5, 0.6) is 0 Å². The van der Waals surface area contributed by atoms with Crippen molar-refractivity contribution >= 4 is 29.2 Å². The molecule has 1 aliphatic heterocycles. The molecule has 2 aromatic heterocycles. The van der Waals surface area contributed by atoms with E-state index in [0.717, 1.165) is 32.0 Å². The Morgan fingerprint density at radius 3 is 2.52 bits per heavy atom. The second-order valence-corrected chi connectivity index (χ2v) is 5.63. The SMILES string of the molecule is O=C(O)Cc1cncnc1N1CCN(c2ncccc2Cl)CC1. The lowest BCUT2D eigenvalue weighted by atomic mass is 10.2. The second kappa shape index (κ2) is 6.78. The third kappa shape index (κ3) is 3.50. The van der Waals surface area contributed by atoms with Crippen LogP contribution in [0.3, 0.4) is 0 Å². The second-order valence-electron chi connectivity index (χ2n) is 5.23. The Labute approximate surface area is 138 Å². The minimum atomic E-state index is -0.889. The fraction of sp³-hybridized carbons (Fsp3) is 0.333. The Hall–Kier alpha value is -2.41. The van der Waals surface area contributed by atoms with Gasteiger partial charge in [-0.3, -0.25) is 4.79 Å². The van der Waals surface area contributed by atoms with Crippen LogP contribution in [0.4, 0.5) is 11.6 Å². The molecule has 0 aromatic carbocycles. The van der Waals surface area contributed by atoms with Crippen molar-refractivity contribution in [2.24, 2.45) is 0 Å². The first-order valence-corrected chi connectivity index (χ1v) is 7.64. The van der Waals surface area contributed by atoms with Crippen LogP contribution < -0.4 is 9.80 Å². The average Bonchev–Trinajstić information content (AvgIpc) is 2.56. The van der Waals surface area contributed by atoms with Gasteiger partial charge < -0.3 is 14.9 Å². The van der Waals surface area contributed by atoms with Gasteiger partial charge in [-0.25, -0.2) is 15.0 Å². The number of carbonyl (C=O) groups is 1. The maximum absolute atomic E-state index is 11.0. The number of hydrogen-bond donors (Lipinski definition) is 1. The number of aromatic nitrogens is 3. The Bertz CT molecular complexity index is 704. The van der Waals surface area contributed by atoms with E-state index in [1.807, 2.05) is 6.07 Å². The van der Waals surface area contributed by atoms with Crippen molar-refractivity contribution in [3.63, 3.8) is 0 Å². The predicted octanol–water partition coefficient (Wildman–Crippen LogP) is 1.48. The van der Waals surface area contributed by atoms with E-state index in [-0.39, 0.29) is 6.42 Å². The molecule has 0 radical (unpaired) electrons. The maximum atomic E-state index is 11.0. The van der Waals surface area contributed by atoms with Gasteiger partial charge in [0, 0.05) is 44.1 Å². The Kier molecular flexibility index (Phi) is 4.57. The first-order valence-electron chi connectivity index (χ1n) is 7.26. The minimum Gasteiger partial charge on any atom is -0.481 e. The van der Waals surface area contributed by atoms with Gasteiger partial charge in [-0.05, 0) is 12.1 Å². The van der Waals surface area contributed by atoms with Crippen LogP contribution in [0.25, 0.3) is 0 Å². The molecule has 1 saturated heterocycles. The fourth-order valence-electron chi connectivity index (χ4n) is 2.66. The van der Waals surface area contributed by atoms with Gasteiger partial charge in [-0.2, -0.15) is 0 Å². The van der Waals surface area contributed by atoms with E-state index in [4.69, 9.17) is 16.7 Å². The molecule has 3 rings (SSSR count). The summed E-state index contributed by atoms with van der Waals surface area (Å²) in [6.45, 7) is 2.92. The van der Waals surface area contributed by atoms with Crippen molar-refractivity contribution in [2.45, 2.75) is 6.42 Å². The predicted molar refractivity (Wildman–Crippen MR) is 87.0 cm³/mol. The number of piperazine rings is 1. The van der Waals surface area contributed by atoms with Crippen molar-refractivity contribution in [3.05, 3.63) is 41.4 Å². The number of aliphatic carboxylic acids is 1. The highest BCUT2D eigenvalue weighted by Crippen LogP contribution is 2.25. The Morgan fingerprint density at radius 2 is 1.87 bits per heavy atom. The number of halogens is 1. The number of nitrogens with zero attached hydrogens (tertiary/aromatic N) is 5. The molecule has 7 nitrogen and oxygen atoms in total. The number of pyridine rings is 1. The van der Waals surface area contributed by atoms with Gasteiger partial charge in [0.1, 0.15) is 18.0 Å². The van der Waals surface area contributed by atoms with Crippen LogP contribution in [-0.2, 0) is 11.2 Å². The number of carboxylic acids is 1. The van der Waals surface area contributed by atoms with Gasteiger partial charge in [-0.15, -0.1) is 0 Å². The smallest absolute Gasteiger partial charge is 0.308 e. The summed E-state index contributed by atoms with van der Waals surface area (Å²) in [5, 5.41) is 9.64. The van der Waals surface area contributed by atoms with Crippen molar-refractivity contribution in [1.29, 1.82) is 0 Å². The van der Waals surface area contributed by atoms with E-state index in [1.165, 1.54) is 6.33 Å². The van der Waals surface area contributed by atoms with Crippen LogP contribution in [-0.4, -0.2) is 52.2 Å². The highest BCUT2D eigenvalue weighted by atomic mass is 35.5. The summed E-state index contributed by atoms with van der Waals surface area (Å²) >= 11 is 6.19. The van der Waals surface area contributed by atoms with Gasteiger partial charge in [0.25, 0.3) is 0 Å². The minimum absolute atomic E-state index is 0.0809. The zero-order chi connectivity index (χ0) is 16.2. The summed E-state index contributed by atoms with van der Waals surface area (Å²) in [7, 11) is 0. The van der Waals surface area contributed by atoms with Crippen molar-refractivity contribution < 1.29 is 9.90 Å². The fourth-order valence-corrected chi connectivity index (χ4v) is 2.91. The third-order valence-corrected chi connectivity index (χ3v) is 4.02. The van der Waals surface area contributed by atoms with Crippen LogP contribution in [0.15, 0.2) is 30.9 Å². The molecule has 8 heteroatoms. The van der Waals surface area contributed by atoms with E-state index in [1.54, 1.807) is 18.5 Å². The molecule has 0 saturated carbocycles. The highest BCUT2D eigenvalue weighted by Gasteiger charge is 2.22. The van der Waals surface area contributed by atoms with E-state index < -0.39 is 5.97 Å². The monoisotopic (exact) mass is 333 g/mol. The molecule has 2 aromatic rings. The number of rotatable bonds is 4. The summed E-state index contributed by atoms with van der Waals surface area (Å²) in [5.74, 6) is 0.580. The molecule has 0 unspecified atom stereocenters. The summed E-state index contributed by atoms with van der Waals surface area (Å²) in [4.78, 5) is 27.7. The number of anilines is 2. The molecule has 23 heavy (non-hydrogen) atoms. The zero-order valence-electron chi connectivity index (χ0n) is 12.4. The third-order valence-electron chi connectivity index (χ3n) is 3.72. The van der Waals surface area contributed by atoms with Gasteiger partial charge in [0.05, 0.1) is 11.4 Å². The van der Waals surface area contributed by atoms with E-state index in [9.17, 15) is 4.79 Å². The molecule has 0 spiro atoms. The molecule has 0 atom stereocenters. The first kappa shape index (κ1) is 15.5. The van der Waals surface area contributed by atoms with Gasteiger partial charge in [0.2, 0.25) is 0 Å². The Morgan fingerprint density at radius 1 is 1.17 bits per heavy atom. The summed E-state index contributed by atoms with van der Waals surface area (Å²) < 4.78 is 0. The van der Waals surface area contributed by atoms with Crippen LogP contribution in [0.1, 0.15) is 5.56 Å². The quantitative estimate of drug-likeness (QED) is 0.907. The van der Waals surface area contributed by atoms with Crippen LogP contribution in [0, 0.1) is 0 Å². The average molecular weight is 334 g/mol. The molecule has 1 N–H and O–H groups in total. The Balaban J connectivity index is 1.72. The molecule has 1 fully saturated rings. The van der Waals surface area contributed by atoms with E-state index in [0.29, 0.717) is 16.4 Å². The van der Waals surface area contributed by atoms with Crippen molar-refractivity contribution in [1.82, 2.24) is 15.0 Å². The van der Waals surface area contributed by atoms with Gasteiger partial charge >= 0.3 is 5.97 Å². The maximum Gasteiger partial charge on any atom is 0.308 e. The largest absolute Gasteiger partial charge is 0.481 e. The van der Waals surface area contributed by atoms with Gasteiger partial charge in [-0.1, -0.05) is 11.6 Å². The first-order chi connectivity index (χ1) is 11.1. The topological polar surface area (TPSA) is 82.4 Å². The number of hydrogen-bond acceptors (Lipinski definition) is 6. The summed E-state index contributed by atoms with van der Waals surface area (Å²) in [5.41, 5.74) is 0.629. The molecule has 3 heterocycles. The standard InChI is InChI=1S/C15H16ClN5O2/c16-12-2-1-3-18-15(12)21-6-4-20(5-7-21)14-11(8-13(22)23)9-17-10-19-14/h1-3,9-10H,4-8H2,(H,22,23). The molecule has 0 bridgehead atoms. The molecular weight excluding hydrogens is 318 g/mol. The molecule has 1 aliphatic rings. The van der Waals surface area contributed by atoms with E-state index in [2.05, 4.69) is 24.8 Å². The van der Waals surface area contributed by atoms with Crippen molar-refractivity contribution in [2.75, 3.05) is 36.0 Å². The summed E-state index contributed by atoms with van der Waals surface area (Å²) in [6, 6.07) is 3.63. The highest BCUT2D eigenvalue weighted by molar-refractivity contribution is 6.32. The normalized spacial score (nSPS) is 14.8. The molecule has 0 amide bonds. The number of carboxylic acid groups (broad SMARTS) is 1. The van der Waals surface area contributed by atoms with Crippen LogP contribution >= 0.6 is 11.6 Å². The summed E-state index contributed by atoms with van der Waals surface area (Å²) in [6.07, 6.45) is 4.66. The lowest BCUT2D eigenvalue weighted by molar-refractivity contribution is -0.136. The van der Waals surface area contributed by atoms with Gasteiger partial charge in [0.15, 0.2) is 0 Å². The van der Waals surface area contributed by atoms with Crippen molar-refractivity contribution in [3.8, 4) is 0 Å². The lowest BCUT2D eigenvalue weighted by Gasteiger charge is -2.36. The van der Waals surface area contributed by atoms with E-state index >= 15 is 0 Å².